The Morgan fingerprint density at radius 2 is 1.72 bits per heavy atom. The number of hydrazone groups is 1. The number of hydrogen-bond acceptors (Lipinski definition) is 7. The largest absolute Gasteiger partial charge is 0.491 e. The zero-order valence-corrected chi connectivity index (χ0v) is 17.6. The minimum Gasteiger partial charge on any atom is -0.491 e. The highest BCUT2D eigenvalue weighted by Gasteiger charge is 2.10. The summed E-state index contributed by atoms with van der Waals surface area (Å²) < 4.78 is 5.70. The summed E-state index contributed by atoms with van der Waals surface area (Å²) in [7, 11) is 0. The molecule has 32 heavy (non-hydrogen) atoms. The molecule has 1 heterocycles. The van der Waals surface area contributed by atoms with Crippen LogP contribution in [0.4, 0.5) is 11.5 Å². The van der Waals surface area contributed by atoms with Gasteiger partial charge in [0.05, 0.1) is 22.8 Å². The maximum Gasteiger partial charge on any atom is 0.269 e. The first kappa shape index (κ1) is 20.9. The number of rotatable bonds is 7. The van der Waals surface area contributed by atoms with Crippen molar-refractivity contribution < 1.29 is 9.66 Å². The van der Waals surface area contributed by atoms with Gasteiger partial charge in [-0.15, -0.1) is 0 Å². The van der Waals surface area contributed by atoms with Crippen LogP contribution in [0.5, 0.6) is 5.75 Å². The smallest absolute Gasteiger partial charge is 0.269 e. The predicted octanol–water partition coefficient (Wildman–Crippen LogP) is 5.44. The number of aromatic nitrogens is 2. The number of nitro groups is 1. The van der Waals surface area contributed by atoms with Crippen molar-refractivity contribution in [1.82, 2.24) is 9.97 Å². The van der Waals surface area contributed by atoms with Gasteiger partial charge in [0.25, 0.3) is 5.69 Å². The van der Waals surface area contributed by atoms with E-state index < -0.39 is 4.92 Å². The van der Waals surface area contributed by atoms with E-state index in [0.717, 1.165) is 27.8 Å². The van der Waals surface area contributed by atoms with Gasteiger partial charge >= 0.3 is 0 Å². The Balaban J connectivity index is 1.61. The van der Waals surface area contributed by atoms with Gasteiger partial charge in [0.15, 0.2) is 11.6 Å². The number of nitrogens with one attached hydrogen (secondary N) is 1. The van der Waals surface area contributed by atoms with Crippen LogP contribution in [0, 0.1) is 10.1 Å². The molecular formula is C24H21N5O3. The van der Waals surface area contributed by atoms with Crippen LogP contribution in [0.1, 0.15) is 19.4 Å². The van der Waals surface area contributed by atoms with Crippen molar-refractivity contribution in [3.05, 3.63) is 88.5 Å². The minimum absolute atomic E-state index is 0.0337. The summed E-state index contributed by atoms with van der Waals surface area (Å²) in [6.07, 6.45) is 1.68. The van der Waals surface area contributed by atoms with Crippen LogP contribution in [0.15, 0.2) is 77.9 Å². The highest BCUT2D eigenvalue weighted by Crippen LogP contribution is 2.26. The maximum atomic E-state index is 10.8. The molecule has 0 radical (unpaired) electrons. The first-order valence-electron chi connectivity index (χ1n) is 10.1. The fourth-order valence-electron chi connectivity index (χ4n) is 3.10. The fourth-order valence-corrected chi connectivity index (χ4v) is 3.10. The Labute approximate surface area is 184 Å². The van der Waals surface area contributed by atoms with Gasteiger partial charge in [-0.1, -0.05) is 12.1 Å². The standard InChI is InChI=1S/C24H21N5O3/c1-16(2)32-20-13-9-18(10-14-20)23-26-22-6-4-3-5-21(22)24(27-23)28-25-15-17-7-11-19(12-8-17)29(30)31/h3-16H,1-2H3,(H,26,27,28). The quantitative estimate of drug-likeness (QED) is 0.239. The van der Waals surface area contributed by atoms with Gasteiger partial charge in [0.2, 0.25) is 0 Å². The molecule has 8 heteroatoms. The number of para-hydroxylation sites is 1. The number of non-ortho nitro benzene ring substituents is 1. The third kappa shape index (κ3) is 4.86. The molecular weight excluding hydrogens is 406 g/mol. The Bertz CT molecular complexity index is 1270. The van der Waals surface area contributed by atoms with Crippen LogP contribution in [0.25, 0.3) is 22.3 Å². The van der Waals surface area contributed by atoms with Crippen LogP contribution in [0.2, 0.25) is 0 Å². The molecule has 0 saturated heterocycles. The van der Waals surface area contributed by atoms with Gasteiger partial charge in [-0.3, -0.25) is 15.5 Å². The molecule has 4 rings (SSSR count). The molecule has 3 aromatic carbocycles. The molecule has 0 aliphatic carbocycles. The van der Waals surface area contributed by atoms with Gasteiger partial charge in [0.1, 0.15) is 5.75 Å². The van der Waals surface area contributed by atoms with Crippen molar-refractivity contribution in [2.75, 3.05) is 5.43 Å². The van der Waals surface area contributed by atoms with Crippen LogP contribution in [0.3, 0.4) is 0 Å². The van der Waals surface area contributed by atoms with E-state index in [1.54, 1.807) is 18.3 Å². The number of ether oxygens (including phenoxy) is 1. The topological polar surface area (TPSA) is 103 Å². The second-order valence-corrected chi connectivity index (χ2v) is 7.32. The normalized spacial score (nSPS) is 11.2. The van der Waals surface area contributed by atoms with Crippen molar-refractivity contribution >= 4 is 28.6 Å². The molecule has 1 aromatic heterocycles. The van der Waals surface area contributed by atoms with E-state index in [4.69, 9.17) is 4.74 Å². The Hall–Kier alpha value is -4.33. The fraction of sp³-hybridized carbons (Fsp3) is 0.125. The van der Waals surface area contributed by atoms with Crippen molar-refractivity contribution in [2.45, 2.75) is 20.0 Å². The maximum absolute atomic E-state index is 10.8. The summed E-state index contributed by atoms with van der Waals surface area (Å²) in [5, 5.41) is 15.9. The van der Waals surface area contributed by atoms with Crippen LogP contribution < -0.4 is 10.2 Å². The first-order chi connectivity index (χ1) is 15.5. The minimum atomic E-state index is -0.435. The Morgan fingerprint density at radius 1 is 1.00 bits per heavy atom. The zero-order chi connectivity index (χ0) is 22.5. The van der Waals surface area contributed by atoms with Crippen molar-refractivity contribution in [2.24, 2.45) is 5.10 Å². The summed E-state index contributed by atoms with van der Waals surface area (Å²) in [5.74, 6) is 1.91. The van der Waals surface area contributed by atoms with Crippen LogP contribution in [-0.4, -0.2) is 27.2 Å². The van der Waals surface area contributed by atoms with Crippen molar-refractivity contribution in [1.29, 1.82) is 0 Å². The SMILES string of the molecule is CC(C)Oc1ccc(-c2nc(NN=Cc3ccc([N+](=O)[O-])cc3)c3ccccc3n2)cc1. The summed E-state index contributed by atoms with van der Waals surface area (Å²) in [6, 6.07) is 21.4. The van der Waals surface area contributed by atoms with E-state index in [-0.39, 0.29) is 11.8 Å². The van der Waals surface area contributed by atoms with Crippen molar-refractivity contribution in [3.8, 4) is 17.1 Å². The molecule has 0 spiro atoms. The second kappa shape index (κ2) is 9.22. The average Bonchev–Trinajstić information content (AvgIpc) is 2.79. The molecule has 0 fully saturated rings. The predicted molar refractivity (Wildman–Crippen MR) is 125 cm³/mol. The lowest BCUT2D eigenvalue weighted by atomic mass is 10.1. The average molecular weight is 427 g/mol. The van der Waals surface area contributed by atoms with Crippen molar-refractivity contribution in [3.63, 3.8) is 0 Å². The van der Waals surface area contributed by atoms with E-state index in [0.29, 0.717) is 11.6 Å². The van der Waals surface area contributed by atoms with Gasteiger partial charge in [0, 0.05) is 23.1 Å². The van der Waals surface area contributed by atoms with Crippen LogP contribution >= 0.6 is 0 Å². The van der Waals surface area contributed by atoms with Gasteiger partial charge in [-0.25, -0.2) is 9.97 Å². The van der Waals surface area contributed by atoms with Crippen LogP contribution in [-0.2, 0) is 0 Å². The van der Waals surface area contributed by atoms with E-state index in [2.05, 4.69) is 20.5 Å². The molecule has 0 unspecified atom stereocenters. The number of hydrogen-bond donors (Lipinski definition) is 1. The molecule has 0 atom stereocenters. The lowest BCUT2D eigenvalue weighted by molar-refractivity contribution is -0.384. The highest BCUT2D eigenvalue weighted by atomic mass is 16.6. The van der Waals surface area contributed by atoms with Gasteiger partial charge in [-0.2, -0.15) is 5.10 Å². The summed E-state index contributed by atoms with van der Waals surface area (Å²) in [5.41, 5.74) is 5.38. The number of fused-ring (bicyclic) bond motifs is 1. The van der Waals surface area contributed by atoms with E-state index in [9.17, 15) is 10.1 Å². The van der Waals surface area contributed by atoms with E-state index in [1.165, 1.54) is 12.1 Å². The van der Waals surface area contributed by atoms with Gasteiger partial charge in [-0.05, 0) is 67.9 Å². The molecule has 0 aliphatic heterocycles. The third-order valence-electron chi connectivity index (χ3n) is 4.58. The number of nitrogens with zero attached hydrogens (tertiary/aromatic N) is 4. The lowest BCUT2D eigenvalue weighted by Gasteiger charge is -2.11. The molecule has 0 aliphatic rings. The second-order valence-electron chi connectivity index (χ2n) is 7.32. The number of nitro benzene ring substituents is 1. The molecule has 160 valence electrons. The molecule has 0 amide bonds. The Kier molecular flexibility index (Phi) is 6.03. The third-order valence-corrected chi connectivity index (χ3v) is 4.58. The zero-order valence-electron chi connectivity index (χ0n) is 17.6. The summed E-state index contributed by atoms with van der Waals surface area (Å²) in [4.78, 5) is 19.7. The monoisotopic (exact) mass is 427 g/mol. The molecule has 8 nitrogen and oxygen atoms in total. The molecule has 0 bridgehead atoms. The number of anilines is 1. The van der Waals surface area contributed by atoms with E-state index in [1.807, 2.05) is 62.4 Å². The molecule has 1 N–H and O–H groups in total. The highest BCUT2D eigenvalue weighted by molar-refractivity contribution is 5.91. The van der Waals surface area contributed by atoms with Gasteiger partial charge < -0.3 is 4.74 Å². The first-order valence-corrected chi connectivity index (χ1v) is 10.1. The lowest BCUT2D eigenvalue weighted by Crippen LogP contribution is -2.05. The van der Waals surface area contributed by atoms with E-state index >= 15 is 0 Å². The Morgan fingerprint density at radius 3 is 2.41 bits per heavy atom. The molecule has 4 aromatic rings. The summed E-state index contributed by atoms with van der Waals surface area (Å²) >= 11 is 0. The summed E-state index contributed by atoms with van der Waals surface area (Å²) in [6.45, 7) is 3.96. The number of benzene rings is 3. The molecule has 0 saturated carbocycles.